The third-order valence-electron chi connectivity index (χ3n) is 4.98. The molecule has 1 fully saturated rings. The fourth-order valence-corrected chi connectivity index (χ4v) is 4.62. The number of alkyl halides is 1. The Labute approximate surface area is 148 Å². The topological polar surface area (TPSA) is 12.0 Å². The summed E-state index contributed by atoms with van der Waals surface area (Å²) >= 11 is 4.19. The third kappa shape index (κ3) is 3.87. The predicted octanol–water partition coefficient (Wildman–Crippen LogP) is 5.33. The Balaban J connectivity index is 2.01. The first-order chi connectivity index (χ1) is 11.1. The zero-order valence-corrected chi connectivity index (χ0v) is 15.7. The highest BCUT2D eigenvalue weighted by molar-refractivity contribution is 9.09. The number of piperidine rings is 1. The molecule has 1 saturated heterocycles. The second-order valence-corrected chi connectivity index (χ2v) is 8.29. The minimum Gasteiger partial charge on any atom is -0.317 e. The van der Waals surface area contributed by atoms with Crippen molar-refractivity contribution in [3.8, 4) is 0 Å². The lowest BCUT2D eigenvalue weighted by Gasteiger charge is -2.35. The number of benzene rings is 2. The maximum absolute atomic E-state index is 4.19. The average molecular weight is 372 g/mol. The predicted molar refractivity (Wildman–Crippen MR) is 102 cm³/mol. The van der Waals surface area contributed by atoms with E-state index in [1.54, 1.807) is 0 Å². The summed E-state index contributed by atoms with van der Waals surface area (Å²) in [4.78, 5) is 0. The lowest BCUT2D eigenvalue weighted by atomic mass is 9.79. The Bertz CT molecular complexity index is 613. The van der Waals surface area contributed by atoms with E-state index in [4.69, 9.17) is 0 Å². The molecule has 1 aliphatic heterocycles. The Morgan fingerprint density at radius 1 is 0.957 bits per heavy atom. The first-order valence-electron chi connectivity index (χ1n) is 8.62. The first-order valence-corrected chi connectivity index (χ1v) is 9.41. The minimum atomic E-state index is -0.0902. The van der Waals surface area contributed by atoms with Gasteiger partial charge >= 0.3 is 0 Å². The quantitative estimate of drug-likeness (QED) is 0.715. The van der Waals surface area contributed by atoms with E-state index in [-0.39, 0.29) is 4.32 Å². The number of rotatable bonds is 4. The summed E-state index contributed by atoms with van der Waals surface area (Å²) in [6.45, 7) is 6.65. The third-order valence-corrected chi connectivity index (χ3v) is 6.22. The van der Waals surface area contributed by atoms with E-state index in [0.29, 0.717) is 0 Å². The maximum atomic E-state index is 4.19. The summed E-state index contributed by atoms with van der Waals surface area (Å²) < 4.78 is -0.0902. The van der Waals surface area contributed by atoms with Gasteiger partial charge in [-0.2, -0.15) is 0 Å². The molecule has 0 unspecified atom stereocenters. The zero-order valence-electron chi connectivity index (χ0n) is 14.1. The van der Waals surface area contributed by atoms with Crippen molar-refractivity contribution in [3.63, 3.8) is 0 Å². The van der Waals surface area contributed by atoms with Gasteiger partial charge in [0.15, 0.2) is 0 Å². The van der Waals surface area contributed by atoms with E-state index in [1.807, 2.05) is 0 Å². The average Bonchev–Trinajstić information content (AvgIpc) is 2.56. The van der Waals surface area contributed by atoms with Gasteiger partial charge in [-0.1, -0.05) is 75.6 Å². The summed E-state index contributed by atoms with van der Waals surface area (Å²) in [7, 11) is 0. The monoisotopic (exact) mass is 371 g/mol. The zero-order chi connectivity index (χ0) is 16.3. The lowest BCUT2D eigenvalue weighted by molar-refractivity contribution is 0.334. The van der Waals surface area contributed by atoms with Gasteiger partial charge in [0.05, 0.1) is 4.32 Å². The lowest BCUT2D eigenvalue weighted by Crippen LogP contribution is -2.32. The molecule has 1 heterocycles. The fourth-order valence-electron chi connectivity index (χ4n) is 3.67. The summed E-state index contributed by atoms with van der Waals surface area (Å²) in [5, 5.41) is 3.48. The molecular formula is C21H26BrN. The van der Waals surface area contributed by atoms with Crippen molar-refractivity contribution in [3.05, 3.63) is 70.8 Å². The van der Waals surface area contributed by atoms with Crippen molar-refractivity contribution in [1.82, 2.24) is 5.32 Å². The van der Waals surface area contributed by atoms with Crippen LogP contribution in [0.15, 0.2) is 48.5 Å². The maximum Gasteiger partial charge on any atom is 0.0757 e. The van der Waals surface area contributed by atoms with Gasteiger partial charge in [-0.05, 0) is 63.2 Å². The molecule has 1 N–H and O–H groups in total. The van der Waals surface area contributed by atoms with Crippen LogP contribution in [0.2, 0.25) is 0 Å². The molecular weight excluding hydrogens is 346 g/mol. The van der Waals surface area contributed by atoms with E-state index in [2.05, 4.69) is 83.6 Å². The van der Waals surface area contributed by atoms with Crippen LogP contribution in [0.5, 0.6) is 0 Å². The number of halogens is 1. The van der Waals surface area contributed by atoms with Crippen LogP contribution in [0, 0.1) is 19.8 Å². The summed E-state index contributed by atoms with van der Waals surface area (Å²) in [6, 6.07) is 17.9. The Morgan fingerprint density at radius 3 is 1.96 bits per heavy atom. The molecule has 0 spiro atoms. The van der Waals surface area contributed by atoms with Gasteiger partial charge in [0.25, 0.3) is 0 Å². The van der Waals surface area contributed by atoms with Gasteiger partial charge in [0, 0.05) is 0 Å². The van der Waals surface area contributed by atoms with E-state index < -0.39 is 0 Å². The second kappa shape index (κ2) is 7.19. The van der Waals surface area contributed by atoms with Crippen molar-refractivity contribution in [2.45, 2.75) is 37.4 Å². The SMILES string of the molecule is Cc1cccc(C(Br)(CC2CCNCC2)c2cccc(C)c2)c1. The Hall–Kier alpha value is -1.12. The standard InChI is InChI=1S/C21H26BrN/c1-16-5-3-7-19(13-16)21(22,15-18-9-11-23-12-10-18)20-8-4-6-17(2)14-20/h3-8,13-14,18,23H,9-12,15H2,1-2H3. The van der Waals surface area contributed by atoms with E-state index >= 15 is 0 Å². The largest absolute Gasteiger partial charge is 0.317 e. The van der Waals surface area contributed by atoms with Crippen LogP contribution in [0.25, 0.3) is 0 Å². The van der Waals surface area contributed by atoms with Gasteiger partial charge in [-0.15, -0.1) is 0 Å². The molecule has 2 aromatic carbocycles. The van der Waals surface area contributed by atoms with Crippen molar-refractivity contribution >= 4 is 15.9 Å². The molecule has 0 atom stereocenters. The normalized spacial score (nSPS) is 16.5. The molecule has 0 amide bonds. The molecule has 0 aliphatic carbocycles. The molecule has 1 nitrogen and oxygen atoms in total. The molecule has 2 aromatic rings. The van der Waals surface area contributed by atoms with Gasteiger partial charge < -0.3 is 5.32 Å². The highest BCUT2D eigenvalue weighted by Gasteiger charge is 2.34. The molecule has 23 heavy (non-hydrogen) atoms. The highest BCUT2D eigenvalue weighted by Crippen LogP contribution is 2.45. The Kier molecular flexibility index (Phi) is 5.23. The van der Waals surface area contributed by atoms with Crippen molar-refractivity contribution in [2.75, 3.05) is 13.1 Å². The molecule has 3 rings (SSSR count). The highest BCUT2D eigenvalue weighted by atomic mass is 79.9. The molecule has 1 aliphatic rings. The van der Waals surface area contributed by atoms with Gasteiger partial charge in [0.2, 0.25) is 0 Å². The summed E-state index contributed by atoms with van der Waals surface area (Å²) in [5.74, 6) is 0.761. The summed E-state index contributed by atoms with van der Waals surface area (Å²) in [5.41, 5.74) is 5.40. The molecule has 0 saturated carbocycles. The van der Waals surface area contributed by atoms with E-state index in [9.17, 15) is 0 Å². The van der Waals surface area contributed by atoms with Crippen LogP contribution in [-0.4, -0.2) is 13.1 Å². The van der Waals surface area contributed by atoms with E-state index in [0.717, 1.165) is 25.4 Å². The number of aryl methyl sites for hydroxylation is 2. The van der Waals surface area contributed by atoms with Crippen LogP contribution in [-0.2, 0) is 4.32 Å². The molecule has 122 valence electrons. The molecule has 2 heteroatoms. The molecule has 0 bridgehead atoms. The van der Waals surface area contributed by atoms with Crippen LogP contribution in [0.3, 0.4) is 0 Å². The first kappa shape index (κ1) is 16.7. The van der Waals surface area contributed by atoms with Gasteiger partial charge in [-0.3, -0.25) is 0 Å². The summed E-state index contributed by atoms with van der Waals surface area (Å²) in [6.07, 6.45) is 3.69. The van der Waals surface area contributed by atoms with Gasteiger partial charge in [0.1, 0.15) is 0 Å². The molecule has 0 radical (unpaired) electrons. The van der Waals surface area contributed by atoms with Crippen molar-refractivity contribution in [1.29, 1.82) is 0 Å². The number of hydrogen-bond acceptors (Lipinski definition) is 1. The number of hydrogen-bond donors (Lipinski definition) is 1. The second-order valence-electron chi connectivity index (χ2n) is 6.94. The fraction of sp³-hybridized carbons (Fsp3) is 0.429. The van der Waals surface area contributed by atoms with Crippen molar-refractivity contribution in [2.24, 2.45) is 5.92 Å². The van der Waals surface area contributed by atoms with Crippen LogP contribution >= 0.6 is 15.9 Å². The number of nitrogens with one attached hydrogen (secondary N) is 1. The van der Waals surface area contributed by atoms with Crippen LogP contribution < -0.4 is 5.32 Å². The Morgan fingerprint density at radius 2 is 1.48 bits per heavy atom. The van der Waals surface area contributed by atoms with Gasteiger partial charge in [-0.25, -0.2) is 0 Å². The van der Waals surface area contributed by atoms with Crippen LogP contribution in [0.1, 0.15) is 41.5 Å². The van der Waals surface area contributed by atoms with Crippen molar-refractivity contribution < 1.29 is 0 Å². The molecule has 0 aromatic heterocycles. The van der Waals surface area contributed by atoms with E-state index in [1.165, 1.54) is 35.1 Å². The smallest absolute Gasteiger partial charge is 0.0757 e. The van der Waals surface area contributed by atoms with Crippen LogP contribution in [0.4, 0.5) is 0 Å². The minimum absolute atomic E-state index is 0.0902.